The van der Waals surface area contributed by atoms with E-state index in [1.54, 1.807) is 97.1 Å². The van der Waals surface area contributed by atoms with E-state index in [1.165, 1.54) is 31.9 Å². The Balaban J connectivity index is 1.35. The second-order valence-electron chi connectivity index (χ2n) is 10.2. The lowest BCUT2D eigenvalue weighted by atomic mass is 10.1. The molecule has 0 radical (unpaired) electrons. The van der Waals surface area contributed by atoms with Crippen LogP contribution in [-0.2, 0) is 14.4 Å². The van der Waals surface area contributed by atoms with Crippen LogP contribution in [0.4, 0.5) is 11.4 Å². The van der Waals surface area contributed by atoms with Crippen LogP contribution in [0.3, 0.4) is 0 Å². The number of hydrogen-bond donors (Lipinski definition) is 2. The van der Waals surface area contributed by atoms with E-state index in [2.05, 4.69) is 26.6 Å². The molecule has 9 nitrogen and oxygen atoms in total. The molecule has 4 aromatic rings. The summed E-state index contributed by atoms with van der Waals surface area (Å²) < 4.78 is 6.21. The molecule has 4 amide bonds. The van der Waals surface area contributed by atoms with Gasteiger partial charge in [-0.3, -0.25) is 24.0 Å². The quantitative estimate of drug-likeness (QED) is 0.110. The fourth-order valence-corrected chi connectivity index (χ4v) is 6.23. The van der Waals surface area contributed by atoms with Crippen molar-refractivity contribution < 1.29 is 28.7 Å². The van der Waals surface area contributed by atoms with E-state index in [9.17, 15) is 24.0 Å². The summed E-state index contributed by atoms with van der Waals surface area (Å²) in [4.78, 5) is 66.1. The van der Waals surface area contributed by atoms with Gasteiger partial charge in [-0.15, -0.1) is 11.8 Å². The number of methoxy groups -OCH3 is 1. The number of carbonyl (C=O) groups excluding carboxylic acids is 5. The molecular formula is C35H28BrN3O6S. The minimum atomic E-state index is -0.671. The SMILES string of the molecule is COc1ccc(Br)cc1C=C(NC(=O)c1ccccc1)C(=O)Nc1cccc(SC2CC(=O)N(c3ccc(C(C)=O)cc3)C2=O)c1. The van der Waals surface area contributed by atoms with Crippen LogP contribution in [0.5, 0.6) is 5.75 Å². The highest BCUT2D eigenvalue weighted by atomic mass is 79.9. The van der Waals surface area contributed by atoms with Crippen LogP contribution in [0.1, 0.15) is 39.6 Å². The Labute approximate surface area is 278 Å². The minimum Gasteiger partial charge on any atom is -0.496 e. The number of amides is 4. The topological polar surface area (TPSA) is 122 Å². The highest BCUT2D eigenvalue weighted by Crippen LogP contribution is 2.35. The molecule has 2 N–H and O–H groups in total. The second-order valence-corrected chi connectivity index (χ2v) is 12.4. The molecule has 11 heteroatoms. The number of hydrogen-bond acceptors (Lipinski definition) is 7. The van der Waals surface area contributed by atoms with E-state index < -0.39 is 17.1 Å². The van der Waals surface area contributed by atoms with Gasteiger partial charge in [-0.1, -0.05) is 40.2 Å². The van der Waals surface area contributed by atoms with Crippen LogP contribution in [0.2, 0.25) is 0 Å². The minimum absolute atomic E-state index is 0.00141. The van der Waals surface area contributed by atoms with Crippen molar-refractivity contribution in [1.82, 2.24) is 5.32 Å². The first-order valence-electron chi connectivity index (χ1n) is 14.1. The lowest BCUT2D eigenvalue weighted by Crippen LogP contribution is -2.31. The van der Waals surface area contributed by atoms with Crippen molar-refractivity contribution in [3.8, 4) is 5.75 Å². The van der Waals surface area contributed by atoms with Crippen molar-refractivity contribution in [1.29, 1.82) is 0 Å². The molecule has 0 spiro atoms. The number of thioether (sulfide) groups is 1. The van der Waals surface area contributed by atoms with Gasteiger partial charge in [0.05, 0.1) is 18.0 Å². The summed E-state index contributed by atoms with van der Waals surface area (Å²) in [6.07, 6.45) is 1.53. The molecule has 1 aliphatic rings. The zero-order valence-corrected chi connectivity index (χ0v) is 27.2. The molecule has 1 unspecified atom stereocenters. The summed E-state index contributed by atoms with van der Waals surface area (Å²) in [5, 5.41) is 4.87. The predicted molar refractivity (Wildman–Crippen MR) is 181 cm³/mol. The monoisotopic (exact) mass is 697 g/mol. The van der Waals surface area contributed by atoms with Crippen molar-refractivity contribution in [3.05, 3.63) is 124 Å². The first-order chi connectivity index (χ1) is 22.1. The molecular weight excluding hydrogens is 670 g/mol. The van der Waals surface area contributed by atoms with Gasteiger partial charge in [0.15, 0.2) is 5.78 Å². The van der Waals surface area contributed by atoms with Crippen LogP contribution < -0.4 is 20.3 Å². The third kappa shape index (κ3) is 7.61. The molecule has 1 atom stereocenters. The van der Waals surface area contributed by atoms with Gasteiger partial charge < -0.3 is 15.4 Å². The van der Waals surface area contributed by atoms with Gasteiger partial charge in [0, 0.05) is 38.2 Å². The van der Waals surface area contributed by atoms with Crippen molar-refractivity contribution in [3.63, 3.8) is 0 Å². The molecule has 1 aliphatic heterocycles. The normalized spacial score (nSPS) is 14.6. The average Bonchev–Trinajstić information content (AvgIpc) is 3.32. The van der Waals surface area contributed by atoms with Crippen molar-refractivity contribution in [2.75, 3.05) is 17.3 Å². The molecule has 46 heavy (non-hydrogen) atoms. The van der Waals surface area contributed by atoms with Crippen LogP contribution >= 0.6 is 27.7 Å². The Bertz CT molecular complexity index is 1860. The third-order valence-electron chi connectivity index (χ3n) is 7.03. The van der Waals surface area contributed by atoms with E-state index >= 15 is 0 Å². The molecule has 232 valence electrons. The van der Waals surface area contributed by atoms with Crippen molar-refractivity contribution >= 4 is 74.6 Å². The fraction of sp³-hybridized carbons (Fsp3) is 0.114. The zero-order chi connectivity index (χ0) is 32.8. The summed E-state index contributed by atoms with van der Waals surface area (Å²) in [6, 6.07) is 27.0. The summed E-state index contributed by atoms with van der Waals surface area (Å²) in [5.41, 5.74) is 2.23. The van der Waals surface area contributed by atoms with E-state index in [0.29, 0.717) is 38.7 Å². The number of imide groups is 1. The smallest absolute Gasteiger partial charge is 0.272 e. The molecule has 5 rings (SSSR count). The van der Waals surface area contributed by atoms with Gasteiger partial charge in [-0.25, -0.2) is 4.90 Å². The molecule has 0 aromatic heterocycles. The molecule has 0 bridgehead atoms. The van der Waals surface area contributed by atoms with Gasteiger partial charge in [0.25, 0.3) is 11.8 Å². The van der Waals surface area contributed by atoms with Gasteiger partial charge in [0.1, 0.15) is 11.4 Å². The van der Waals surface area contributed by atoms with Gasteiger partial charge in [0.2, 0.25) is 11.8 Å². The Morgan fingerprint density at radius 1 is 0.913 bits per heavy atom. The highest BCUT2D eigenvalue weighted by Gasteiger charge is 2.40. The van der Waals surface area contributed by atoms with Gasteiger partial charge in [-0.05, 0) is 85.8 Å². The first-order valence-corrected chi connectivity index (χ1v) is 15.8. The maximum atomic E-state index is 13.6. The number of nitrogens with one attached hydrogen (secondary N) is 2. The van der Waals surface area contributed by atoms with Gasteiger partial charge in [-0.2, -0.15) is 0 Å². The molecule has 0 saturated carbocycles. The number of rotatable bonds is 10. The summed E-state index contributed by atoms with van der Waals surface area (Å²) in [7, 11) is 1.51. The lowest BCUT2D eigenvalue weighted by Gasteiger charge is -2.15. The van der Waals surface area contributed by atoms with E-state index in [4.69, 9.17) is 4.74 Å². The standard InChI is InChI=1S/C35H28BrN3O6S/c1-21(40)22-11-14-27(15-12-22)39-32(41)20-31(35(39)44)46-28-10-6-9-26(19-28)37-34(43)29(38-33(42)23-7-4-3-5-8-23)18-24-17-25(36)13-16-30(24)45-2/h3-19,31H,20H2,1-2H3,(H,37,43)(H,38,42). The Morgan fingerprint density at radius 3 is 2.35 bits per heavy atom. The van der Waals surface area contributed by atoms with E-state index in [0.717, 1.165) is 9.37 Å². The molecule has 1 fully saturated rings. The van der Waals surface area contributed by atoms with E-state index in [-0.39, 0.29) is 29.7 Å². The number of halogens is 1. The predicted octanol–water partition coefficient (Wildman–Crippen LogP) is 6.49. The zero-order valence-electron chi connectivity index (χ0n) is 24.8. The summed E-state index contributed by atoms with van der Waals surface area (Å²) in [5.74, 6) is -1.36. The number of nitrogens with zero attached hydrogens (tertiary/aromatic N) is 1. The van der Waals surface area contributed by atoms with Crippen molar-refractivity contribution in [2.24, 2.45) is 0 Å². The number of ether oxygens (including phenoxy) is 1. The molecule has 1 saturated heterocycles. The maximum absolute atomic E-state index is 13.6. The Hall–Kier alpha value is -5.00. The van der Waals surface area contributed by atoms with Gasteiger partial charge >= 0.3 is 0 Å². The number of ketones is 1. The molecule has 1 heterocycles. The number of benzene rings is 4. The highest BCUT2D eigenvalue weighted by molar-refractivity contribution is 9.10. The van der Waals surface area contributed by atoms with E-state index in [1.807, 2.05) is 0 Å². The van der Waals surface area contributed by atoms with Crippen LogP contribution in [0.25, 0.3) is 6.08 Å². The van der Waals surface area contributed by atoms with Crippen LogP contribution in [0, 0.1) is 0 Å². The van der Waals surface area contributed by atoms with Crippen LogP contribution in [-0.4, -0.2) is 41.8 Å². The Morgan fingerprint density at radius 2 is 1.65 bits per heavy atom. The largest absolute Gasteiger partial charge is 0.496 e. The Kier molecular flexibility index (Phi) is 10.1. The maximum Gasteiger partial charge on any atom is 0.272 e. The fourth-order valence-electron chi connectivity index (χ4n) is 4.74. The van der Waals surface area contributed by atoms with Crippen LogP contribution in [0.15, 0.2) is 112 Å². The number of anilines is 2. The number of Topliss-reactive ketones (excluding diaryl/α,β-unsaturated/α-hetero) is 1. The molecule has 4 aromatic carbocycles. The number of carbonyl (C=O) groups is 5. The first kappa shape index (κ1) is 32.4. The lowest BCUT2D eigenvalue weighted by molar-refractivity contribution is -0.121. The summed E-state index contributed by atoms with van der Waals surface area (Å²) in [6.45, 7) is 1.45. The third-order valence-corrected chi connectivity index (χ3v) is 8.70. The second kappa shape index (κ2) is 14.4. The summed E-state index contributed by atoms with van der Waals surface area (Å²) >= 11 is 4.65. The molecule has 0 aliphatic carbocycles. The average molecular weight is 699 g/mol. The van der Waals surface area contributed by atoms with Crippen molar-refractivity contribution in [2.45, 2.75) is 23.5 Å².